The average Bonchev–Trinajstić information content (AvgIpc) is 3.22. The van der Waals surface area contributed by atoms with Crippen LogP contribution in [0.2, 0.25) is 0 Å². The molecule has 6 heteroatoms. The summed E-state index contributed by atoms with van der Waals surface area (Å²) in [5.74, 6) is 1.08. The third kappa shape index (κ3) is 4.53. The molecule has 2 amide bonds. The molecule has 1 N–H and O–H groups in total. The Bertz CT molecular complexity index is 910. The molecule has 0 aliphatic carbocycles. The number of rotatable bonds is 6. The predicted octanol–water partition coefficient (Wildman–Crippen LogP) is 3.41. The first-order valence-electron chi connectivity index (χ1n) is 9.81. The van der Waals surface area contributed by atoms with E-state index >= 15 is 0 Å². The summed E-state index contributed by atoms with van der Waals surface area (Å²) in [4.78, 5) is 27.1. The molecule has 0 aromatic heterocycles. The lowest BCUT2D eigenvalue weighted by molar-refractivity contribution is -0.131. The molecule has 154 valence electrons. The first kappa shape index (κ1) is 20.7. The summed E-state index contributed by atoms with van der Waals surface area (Å²) in [6.45, 7) is 4.61. The summed E-state index contributed by atoms with van der Waals surface area (Å²) in [7, 11) is 3.22. The fourth-order valence-corrected chi connectivity index (χ4v) is 3.72. The van der Waals surface area contributed by atoms with E-state index in [4.69, 9.17) is 9.47 Å². The van der Waals surface area contributed by atoms with Crippen LogP contribution in [0.4, 0.5) is 0 Å². The van der Waals surface area contributed by atoms with Gasteiger partial charge in [-0.25, -0.2) is 0 Å². The highest BCUT2D eigenvalue weighted by molar-refractivity contribution is 5.96. The van der Waals surface area contributed by atoms with Crippen LogP contribution in [0.15, 0.2) is 36.4 Å². The second-order valence-electron chi connectivity index (χ2n) is 7.33. The molecule has 0 spiro atoms. The van der Waals surface area contributed by atoms with Crippen LogP contribution in [0, 0.1) is 13.8 Å². The number of nitrogens with one attached hydrogen (secondary N) is 1. The van der Waals surface area contributed by atoms with Gasteiger partial charge in [0.2, 0.25) is 5.91 Å². The van der Waals surface area contributed by atoms with Crippen molar-refractivity contribution in [3.8, 4) is 11.5 Å². The lowest BCUT2D eigenvalue weighted by Crippen LogP contribution is -2.40. The summed E-state index contributed by atoms with van der Waals surface area (Å²) in [5, 5.41) is 2.76. The molecule has 0 saturated carbocycles. The third-order valence-electron chi connectivity index (χ3n) is 5.54. The maximum absolute atomic E-state index is 12.9. The Morgan fingerprint density at radius 3 is 2.55 bits per heavy atom. The van der Waals surface area contributed by atoms with Crippen molar-refractivity contribution in [1.29, 1.82) is 0 Å². The first-order chi connectivity index (χ1) is 13.9. The van der Waals surface area contributed by atoms with Crippen molar-refractivity contribution >= 4 is 11.8 Å². The minimum atomic E-state index is -0.237. The van der Waals surface area contributed by atoms with Gasteiger partial charge in [-0.2, -0.15) is 0 Å². The van der Waals surface area contributed by atoms with Gasteiger partial charge in [-0.1, -0.05) is 6.07 Å². The summed E-state index contributed by atoms with van der Waals surface area (Å²) in [5.41, 5.74) is 3.71. The molecule has 1 atom stereocenters. The van der Waals surface area contributed by atoms with Gasteiger partial charge in [0.25, 0.3) is 5.91 Å². The van der Waals surface area contributed by atoms with Crippen molar-refractivity contribution in [2.45, 2.75) is 32.7 Å². The maximum Gasteiger partial charge on any atom is 0.251 e. The van der Waals surface area contributed by atoms with Gasteiger partial charge in [-0.3, -0.25) is 9.59 Å². The number of methoxy groups -OCH3 is 2. The molecule has 29 heavy (non-hydrogen) atoms. The number of likely N-dealkylation sites (tertiary alicyclic amines) is 1. The van der Waals surface area contributed by atoms with E-state index in [0.717, 1.165) is 29.5 Å². The van der Waals surface area contributed by atoms with E-state index in [1.54, 1.807) is 20.3 Å². The standard InChI is InChI=1S/C23H28N2O4/c1-15-7-8-17(12-16(15)2)23(27)24-14-22(26)25-11-5-6-20(25)19-10-9-18(28-3)13-21(19)29-4/h7-10,12-13,20H,5-6,11,14H2,1-4H3,(H,24,27). The highest BCUT2D eigenvalue weighted by atomic mass is 16.5. The zero-order valence-electron chi connectivity index (χ0n) is 17.5. The van der Waals surface area contributed by atoms with E-state index in [1.165, 1.54) is 0 Å². The SMILES string of the molecule is COc1ccc(C2CCCN2C(=O)CNC(=O)c2ccc(C)c(C)c2)c(OC)c1. The van der Waals surface area contributed by atoms with Gasteiger partial charge in [-0.05, 0) is 62.1 Å². The van der Waals surface area contributed by atoms with E-state index < -0.39 is 0 Å². The van der Waals surface area contributed by atoms with Crippen LogP contribution in [-0.4, -0.2) is 44.0 Å². The fourth-order valence-electron chi connectivity index (χ4n) is 3.72. The zero-order chi connectivity index (χ0) is 21.0. The van der Waals surface area contributed by atoms with E-state index in [1.807, 2.05) is 49.1 Å². The minimum absolute atomic E-state index is 0.0271. The van der Waals surface area contributed by atoms with Crippen LogP contribution in [0.25, 0.3) is 0 Å². The van der Waals surface area contributed by atoms with Crippen LogP contribution < -0.4 is 14.8 Å². The van der Waals surface area contributed by atoms with E-state index in [0.29, 0.717) is 23.6 Å². The fraction of sp³-hybridized carbons (Fsp3) is 0.391. The van der Waals surface area contributed by atoms with E-state index in [-0.39, 0.29) is 24.4 Å². The van der Waals surface area contributed by atoms with Crippen molar-refractivity contribution in [2.75, 3.05) is 27.3 Å². The van der Waals surface area contributed by atoms with Crippen molar-refractivity contribution in [3.05, 3.63) is 58.7 Å². The van der Waals surface area contributed by atoms with Gasteiger partial charge in [0.05, 0.1) is 26.8 Å². The van der Waals surface area contributed by atoms with Crippen LogP contribution in [-0.2, 0) is 4.79 Å². The highest BCUT2D eigenvalue weighted by Gasteiger charge is 2.32. The molecule has 2 aromatic carbocycles. The molecule has 2 aromatic rings. The summed E-state index contributed by atoms with van der Waals surface area (Å²) < 4.78 is 10.8. The number of carbonyl (C=O) groups is 2. The van der Waals surface area contributed by atoms with Crippen molar-refractivity contribution in [3.63, 3.8) is 0 Å². The number of hydrogen-bond donors (Lipinski definition) is 1. The Hall–Kier alpha value is -3.02. The van der Waals surface area contributed by atoms with Crippen LogP contribution in [0.3, 0.4) is 0 Å². The van der Waals surface area contributed by atoms with Crippen LogP contribution >= 0.6 is 0 Å². The molecule has 1 unspecified atom stereocenters. The summed E-state index contributed by atoms with van der Waals surface area (Å²) >= 11 is 0. The molecule has 1 fully saturated rings. The number of hydrogen-bond acceptors (Lipinski definition) is 4. The second-order valence-corrected chi connectivity index (χ2v) is 7.33. The van der Waals surface area contributed by atoms with Gasteiger partial charge < -0.3 is 19.7 Å². The Balaban J connectivity index is 1.68. The predicted molar refractivity (Wildman–Crippen MR) is 111 cm³/mol. The van der Waals surface area contributed by atoms with E-state index in [9.17, 15) is 9.59 Å². The van der Waals surface area contributed by atoms with Crippen LogP contribution in [0.5, 0.6) is 11.5 Å². The Kier molecular flexibility index (Phi) is 6.42. The van der Waals surface area contributed by atoms with E-state index in [2.05, 4.69) is 5.32 Å². The molecular weight excluding hydrogens is 368 g/mol. The van der Waals surface area contributed by atoms with Crippen molar-refractivity contribution in [2.24, 2.45) is 0 Å². The van der Waals surface area contributed by atoms with Gasteiger partial charge in [-0.15, -0.1) is 0 Å². The molecule has 1 heterocycles. The maximum atomic E-state index is 12.9. The Labute approximate surface area is 171 Å². The number of carbonyl (C=O) groups excluding carboxylic acids is 2. The lowest BCUT2D eigenvalue weighted by Gasteiger charge is -2.26. The molecule has 1 aliphatic rings. The number of aryl methyl sites for hydroxylation is 2. The molecule has 1 aliphatic heterocycles. The first-order valence-corrected chi connectivity index (χ1v) is 9.81. The molecule has 3 rings (SSSR count). The minimum Gasteiger partial charge on any atom is -0.497 e. The van der Waals surface area contributed by atoms with Gasteiger partial charge in [0, 0.05) is 23.7 Å². The molecular formula is C23H28N2O4. The zero-order valence-corrected chi connectivity index (χ0v) is 17.5. The lowest BCUT2D eigenvalue weighted by atomic mass is 10.0. The Morgan fingerprint density at radius 2 is 1.86 bits per heavy atom. The largest absolute Gasteiger partial charge is 0.497 e. The van der Waals surface area contributed by atoms with Gasteiger partial charge in [0.1, 0.15) is 11.5 Å². The monoisotopic (exact) mass is 396 g/mol. The number of ether oxygens (including phenoxy) is 2. The summed E-state index contributed by atoms with van der Waals surface area (Å²) in [6, 6.07) is 11.1. The molecule has 0 bridgehead atoms. The molecule has 1 saturated heterocycles. The van der Waals surface area contributed by atoms with Gasteiger partial charge >= 0.3 is 0 Å². The number of nitrogens with zero attached hydrogens (tertiary/aromatic N) is 1. The average molecular weight is 396 g/mol. The smallest absolute Gasteiger partial charge is 0.251 e. The van der Waals surface area contributed by atoms with Crippen LogP contribution in [0.1, 0.15) is 45.9 Å². The van der Waals surface area contributed by atoms with Crippen molar-refractivity contribution in [1.82, 2.24) is 10.2 Å². The highest BCUT2D eigenvalue weighted by Crippen LogP contribution is 2.38. The normalized spacial score (nSPS) is 15.9. The Morgan fingerprint density at radius 1 is 1.07 bits per heavy atom. The summed E-state index contributed by atoms with van der Waals surface area (Å²) in [6.07, 6.45) is 1.77. The quantitative estimate of drug-likeness (QED) is 0.813. The molecule has 6 nitrogen and oxygen atoms in total. The second kappa shape index (κ2) is 8.99. The molecule has 0 radical (unpaired) electrons. The number of benzene rings is 2. The topological polar surface area (TPSA) is 67.9 Å². The third-order valence-corrected chi connectivity index (χ3v) is 5.54. The van der Waals surface area contributed by atoms with Crippen molar-refractivity contribution < 1.29 is 19.1 Å². The number of amides is 2. The van der Waals surface area contributed by atoms with Gasteiger partial charge in [0.15, 0.2) is 0 Å².